The summed E-state index contributed by atoms with van der Waals surface area (Å²) in [6.07, 6.45) is 2.19. The van der Waals surface area contributed by atoms with Gasteiger partial charge in [-0.2, -0.15) is 0 Å². The van der Waals surface area contributed by atoms with E-state index < -0.39 is 26.7 Å². The Hall–Kier alpha value is 0.140. The van der Waals surface area contributed by atoms with E-state index in [1.54, 1.807) is 11.9 Å². The fourth-order valence-electron chi connectivity index (χ4n) is 1.55. The van der Waals surface area contributed by atoms with Crippen molar-refractivity contribution in [2.75, 3.05) is 20.1 Å². The summed E-state index contributed by atoms with van der Waals surface area (Å²) >= 11 is 0. The number of hydrogen-bond donors (Lipinski definition) is 5. The maximum Gasteiger partial charge on any atom is 0.369 e. The molecule has 0 saturated carbocycles. The van der Waals surface area contributed by atoms with Crippen molar-refractivity contribution < 1.29 is 44.8 Å². The summed E-state index contributed by atoms with van der Waals surface area (Å²) in [5.41, 5.74) is 0. The van der Waals surface area contributed by atoms with Crippen molar-refractivity contribution in [1.29, 1.82) is 0 Å². The maximum atomic E-state index is 11.1. The molecule has 0 atom stereocenters. The summed E-state index contributed by atoms with van der Waals surface area (Å²) in [6, 6.07) is 0. The number of aliphatic hydroxyl groups is 1. The van der Waals surface area contributed by atoms with Crippen molar-refractivity contribution in [2.45, 2.75) is 37.7 Å². The zero-order valence-electron chi connectivity index (χ0n) is 12.1. The standard InChI is InChI=1S/C9H23NO7P2.2H2O/c1-3-4-5-7-10(2)8-6-9(11,18(12,13)14)19(15,16)17;;/h11H,3-8H2,1-2H3,(H2,12,13,14)(H2,15,16,17);2*1H2. The second-order valence-electron chi connectivity index (χ2n) is 4.62. The minimum atomic E-state index is -5.33. The van der Waals surface area contributed by atoms with Gasteiger partial charge in [-0.1, -0.05) is 19.8 Å². The monoisotopic (exact) mass is 355 g/mol. The minimum absolute atomic E-state index is 0. The maximum absolute atomic E-state index is 11.1. The molecule has 0 aromatic rings. The van der Waals surface area contributed by atoms with Gasteiger partial charge in [0, 0.05) is 13.0 Å². The Labute approximate surface area is 123 Å². The van der Waals surface area contributed by atoms with Crippen LogP contribution in [-0.4, -0.2) is 65.8 Å². The molecular weight excluding hydrogens is 328 g/mol. The lowest BCUT2D eigenvalue weighted by Gasteiger charge is -2.30. The smallest absolute Gasteiger partial charge is 0.369 e. The minimum Gasteiger partial charge on any atom is -0.412 e. The molecule has 0 saturated heterocycles. The Kier molecular flexibility index (Phi) is 12.4. The molecule has 0 bridgehead atoms. The van der Waals surface area contributed by atoms with Crippen molar-refractivity contribution >= 4 is 15.2 Å². The van der Waals surface area contributed by atoms with Crippen LogP contribution in [0.4, 0.5) is 0 Å². The Morgan fingerprint density at radius 2 is 1.38 bits per heavy atom. The van der Waals surface area contributed by atoms with Gasteiger partial charge < -0.3 is 40.5 Å². The molecule has 132 valence electrons. The first-order valence-corrected chi connectivity index (χ1v) is 9.20. The van der Waals surface area contributed by atoms with E-state index in [1.165, 1.54) is 0 Å². The van der Waals surface area contributed by atoms with Crippen molar-refractivity contribution in [3.63, 3.8) is 0 Å². The lowest BCUT2D eigenvalue weighted by atomic mass is 10.2. The molecule has 0 fully saturated rings. The molecule has 10 nitrogen and oxygen atoms in total. The van der Waals surface area contributed by atoms with Crippen LogP contribution in [0.25, 0.3) is 0 Å². The lowest BCUT2D eigenvalue weighted by molar-refractivity contribution is 0.112. The van der Waals surface area contributed by atoms with E-state index >= 15 is 0 Å². The second-order valence-corrected chi connectivity index (χ2v) is 8.63. The SMILES string of the molecule is CCCCCN(C)CCC(O)(P(=O)(O)O)P(=O)(O)O.O.O. The van der Waals surface area contributed by atoms with Crippen LogP contribution in [0, 0.1) is 0 Å². The van der Waals surface area contributed by atoms with Crippen LogP contribution in [-0.2, 0) is 9.13 Å². The first-order valence-electron chi connectivity index (χ1n) is 5.98. The first kappa shape index (κ1) is 26.1. The van der Waals surface area contributed by atoms with E-state index in [0.29, 0.717) is 6.54 Å². The quantitative estimate of drug-likeness (QED) is 0.252. The van der Waals surface area contributed by atoms with Crippen LogP contribution in [0.1, 0.15) is 32.6 Å². The summed E-state index contributed by atoms with van der Waals surface area (Å²) < 4.78 is 22.2. The molecule has 0 unspecified atom stereocenters. The van der Waals surface area contributed by atoms with Gasteiger partial charge in [0.05, 0.1) is 0 Å². The van der Waals surface area contributed by atoms with Crippen LogP contribution >= 0.6 is 15.2 Å². The molecule has 0 aliphatic carbocycles. The van der Waals surface area contributed by atoms with E-state index in [2.05, 4.69) is 0 Å². The van der Waals surface area contributed by atoms with E-state index in [0.717, 1.165) is 19.3 Å². The van der Waals surface area contributed by atoms with Gasteiger partial charge in [0.1, 0.15) is 0 Å². The highest BCUT2D eigenvalue weighted by molar-refractivity contribution is 7.72. The normalized spacial score (nSPS) is 12.8. The fourth-order valence-corrected chi connectivity index (χ4v) is 3.69. The van der Waals surface area contributed by atoms with E-state index in [9.17, 15) is 14.2 Å². The van der Waals surface area contributed by atoms with Gasteiger partial charge in [-0.15, -0.1) is 0 Å². The average Bonchev–Trinajstić information content (AvgIpc) is 2.23. The highest BCUT2D eigenvalue weighted by Gasteiger charge is 2.58. The van der Waals surface area contributed by atoms with Crippen LogP contribution in [0.5, 0.6) is 0 Å². The number of rotatable bonds is 9. The van der Waals surface area contributed by atoms with Gasteiger partial charge >= 0.3 is 15.2 Å². The van der Waals surface area contributed by atoms with Gasteiger partial charge in [-0.05, 0) is 20.0 Å². The lowest BCUT2D eigenvalue weighted by Crippen LogP contribution is -2.34. The summed E-state index contributed by atoms with van der Waals surface area (Å²) in [5.74, 6) is 0. The third kappa shape index (κ3) is 7.80. The molecule has 9 N–H and O–H groups in total. The molecule has 0 amide bonds. The molecule has 0 radical (unpaired) electrons. The predicted octanol–water partition coefficient (Wildman–Crippen LogP) is -1.15. The van der Waals surface area contributed by atoms with Crippen LogP contribution < -0.4 is 0 Å². The Morgan fingerprint density at radius 3 is 1.71 bits per heavy atom. The Morgan fingerprint density at radius 1 is 0.952 bits per heavy atom. The molecule has 0 aliphatic rings. The predicted molar refractivity (Wildman–Crippen MR) is 77.9 cm³/mol. The van der Waals surface area contributed by atoms with Gasteiger partial charge in [-0.25, -0.2) is 0 Å². The molecular formula is C9H27NO9P2. The Bertz CT molecular complexity index is 344. The molecule has 0 rings (SSSR count). The third-order valence-electron chi connectivity index (χ3n) is 2.91. The van der Waals surface area contributed by atoms with Crippen molar-refractivity contribution in [3.8, 4) is 0 Å². The van der Waals surface area contributed by atoms with Crippen molar-refractivity contribution in [1.82, 2.24) is 4.90 Å². The molecule has 12 heteroatoms. The number of nitrogens with zero attached hydrogens (tertiary/aromatic N) is 1. The molecule has 0 heterocycles. The van der Waals surface area contributed by atoms with E-state index in [1.807, 2.05) is 6.92 Å². The zero-order chi connectivity index (χ0) is 15.3. The molecule has 0 aliphatic heterocycles. The van der Waals surface area contributed by atoms with Gasteiger partial charge in [0.2, 0.25) is 0 Å². The summed E-state index contributed by atoms with van der Waals surface area (Å²) in [5, 5.41) is 6.35. The fraction of sp³-hybridized carbons (Fsp3) is 1.00. The molecule has 21 heavy (non-hydrogen) atoms. The van der Waals surface area contributed by atoms with Crippen LogP contribution in [0.15, 0.2) is 0 Å². The van der Waals surface area contributed by atoms with Crippen LogP contribution in [0.2, 0.25) is 0 Å². The summed E-state index contributed by atoms with van der Waals surface area (Å²) in [6.45, 7) is 2.64. The highest BCUT2D eigenvalue weighted by Crippen LogP contribution is 2.68. The Balaban J connectivity index is -0.00000162. The topological polar surface area (TPSA) is 202 Å². The summed E-state index contributed by atoms with van der Waals surface area (Å²) in [7, 11) is -9.00. The molecule has 0 aromatic carbocycles. The molecule has 0 aromatic heterocycles. The molecule has 0 spiro atoms. The van der Waals surface area contributed by atoms with E-state index in [4.69, 9.17) is 19.6 Å². The van der Waals surface area contributed by atoms with Crippen molar-refractivity contribution in [3.05, 3.63) is 0 Å². The van der Waals surface area contributed by atoms with E-state index in [-0.39, 0.29) is 17.5 Å². The number of unbranched alkanes of at least 4 members (excludes halogenated alkanes) is 2. The van der Waals surface area contributed by atoms with Crippen LogP contribution in [0.3, 0.4) is 0 Å². The second kappa shape index (κ2) is 10.0. The summed E-state index contributed by atoms with van der Waals surface area (Å²) in [4.78, 5) is 37.5. The highest BCUT2D eigenvalue weighted by atomic mass is 31.2. The van der Waals surface area contributed by atoms with Gasteiger partial charge in [-0.3, -0.25) is 9.13 Å². The average molecular weight is 355 g/mol. The first-order chi connectivity index (χ1) is 8.45. The largest absolute Gasteiger partial charge is 0.412 e. The number of hydrogen-bond acceptors (Lipinski definition) is 4. The van der Waals surface area contributed by atoms with Gasteiger partial charge in [0.25, 0.3) is 5.08 Å². The third-order valence-corrected chi connectivity index (χ3v) is 6.78. The van der Waals surface area contributed by atoms with Crippen molar-refractivity contribution in [2.24, 2.45) is 0 Å². The zero-order valence-corrected chi connectivity index (χ0v) is 13.9. The van der Waals surface area contributed by atoms with Gasteiger partial charge in [0.15, 0.2) is 0 Å².